The number of thiol groups is 1. The number of amides is 1. The molecule has 1 amide bonds. The van der Waals surface area contributed by atoms with Crippen LogP contribution in [0.15, 0.2) is 0 Å². The first kappa shape index (κ1) is 24.2. The second kappa shape index (κ2) is 14.4. The maximum absolute atomic E-state index is 11.6. The fourth-order valence-corrected chi connectivity index (χ4v) is 2.29. The molecule has 0 spiro atoms. The topological polar surface area (TPSA) is 122 Å². The lowest BCUT2D eigenvalue weighted by atomic mass is 10.1. The standard InChI is InChI=1S/C16H28N2O7S/c1-12(19)24-18(25-13(2)20)14(16(22)23)8-5-6-10-17-15(21)9-4-3-7-11-26/h14,26H,3-11H2,1-2H3,(H,17,21)(H,22,23). The van der Waals surface area contributed by atoms with E-state index in [1.54, 1.807) is 0 Å². The van der Waals surface area contributed by atoms with Crippen LogP contribution in [0.5, 0.6) is 0 Å². The van der Waals surface area contributed by atoms with Crippen molar-refractivity contribution in [1.82, 2.24) is 10.5 Å². The summed E-state index contributed by atoms with van der Waals surface area (Å²) in [6.45, 7) is 2.56. The number of hydroxylamine groups is 2. The molecule has 150 valence electrons. The third-order valence-electron chi connectivity index (χ3n) is 3.27. The van der Waals surface area contributed by atoms with Gasteiger partial charge in [-0.15, -0.1) is 0 Å². The molecule has 0 heterocycles. The van der Waals surface area contributed by atoms with E-state index in [-0.39, 0.29) is 12.3 Å². The van der Waals surface area contributed by atoms with Gasteiger partial charge in [0.05, 0.1) is 0 Å². The van der Waals surface area contributed by atoms with Crippen LogP contribution in [0.1, 0.15) is 58.8 Å². The van der Waals surface area contributed by atoms with Crippen molar-refractivity contribution in [2.24, 2.45) is 0 Å². The Bertz CT molecular complexity index is 458. The van der Waals surface area contributed by atoms with Crippen molar-refractivity contribution in [2.75, 3.05) is 12.3 Å². The molecule has 0 aromatic heterocycles. The monoisotopic (exact) mass is 392 g/mol. The van der Waals surface area contributed by atoms with Gasteiger partial charge in [-0.3, -0.25) is 19.2 Å². The zero-order valence-electron chi connectivity index (χ0n) is 15.2. The predicted molar refractivity (Wildman–Crippen MR) is 96.0 cm³/mol. The summed E-state index contributed by atoms with van der Waals surface area (Å²) in [6.07, 6.45) is 4.25. The molecule has 0 saturated carbocycles. The number of carbonyl (C=O) groups is 4. The maximum Gasteiger partial charge on any atom is 0.328 e. The minimum Gasteiger partial charge on any atom is -0.480 e. The smallest absolute Gasteiger partial charge is 0.328 e. The van der Waals surface area contributed by atoms with E-state index in [0.29, 0.717) is 31.0 Å². The number of carboxylic acids is 1. The Labute approximate surface area is 158 Å². The van der Waals surface area contributed by atoms with Gasteiger partial charge >= 0.3 is 17.9 Å². The van der Waals surface area contributed by atoms with Crippen LogP contribution in [0.4, 0.5) is 0 Å². The van der Waals surface area contributed by atoms with E-state index < -0.39 is 23.9 Å². The number of unbranched alkanes of at least 4 members (excludes halogenated alkanes) is 3. The molecule has 0 aliphatic heterocycles. The van der Waals surface area contributed by atoms with E-state index in [2.05, 4.69) is 27.6 Å². The van der Waals surface area contributed by atoms with Crippen LogP contribution >= 0.6 is 12.6 Å². The lowest BCUT2D eigenvalue weighted by Crippen LogP contribution is -2.43. The molecule has 26 heavy (non-hydrogen) atoms. The first-order chi connectivity index (χ1) is 12.3. The van der Waals surface area contributed by atoms with Crippen molar-refractivity contribution < 1.29 is 34.0 Å². The van der Waals surface area contributed by atoms with Gasteiger partial charge in [0.25, 0.3) is 0 Å². The normalized spacial score (nSPS) is 11.7. The Kier molecular flexibility index (Phi) is 13.4. The number of carboxylic acid groups (broad SMARTS) is 1. The number of aliphatic carboxylic acids is 1. The zero-order valence-corrected chi connectivity index (χ0v) is 16.1. The second-order valence-corrected chi connectivity index (χ2v) is 6.13. The SMILES string of the molecule is CC(=O)ON(OC(C)=O)C(CCCCNC(=O)CCCCCS)C(=O)O. The highest BCUT2D eigenvalue weighted by atomic mass is 32.1. The molecule has 0 aliphatic carbocycles. The maximum atomic E-state index is 11.6. The highest BCUT2D eigenvalue weighted by Crippen LogP contribution is 2.12. The molecule has 1 unspecified atom stereocenters. The van der Waals surface area contributed by atoms with Crippen LogP contribution in [0.3, 0.4) is 0 Å². The lowest BCUT2D eigenvalue weighted by molar-refractivity contribution is -0.339. The fourth-order valence-electron chi connectivity index (χ4n) is 2.07. The van der Waals surface area contributed by atoms with Crippen molar-refractivity contribution >= 4 is 36.4 Å². The molecule has 0 rings (SSSR count). The van der Waals surface area contributed by atoms with Crippen molar-refractivity contribution in [3.8, 4) is 0 Å². The molecule has 0 fully saturated rings. The molecule has 10 heteroatoms. The summed E-state index contributed by atoms with van der Waals surface area (Å²) in [7, 11) is 0. The number of carbonyl (C=O) groups excluding carboxylic acids is 3. The summed E-state index contributed by atoms with van der Waals surface area (Å²) in [4.78, 5) is 54.3. The van der Waals surface area contributed by atoms with Gasteiger partial charge < -0.3 is 20.1 Å². The second-order valence-electron chi connectivity index (χ2n) is 5.69. The van der Waals surface area contributed by atoms with Crippen LogP contribution in [0.2, 0.25) is 0 Å². The van der Waals surface area contributed by atoms with E-state index >= 15 is 0 Å². The fraction of sp³-hybridized carbons (Fsp3) is 0.750. The minimum absolute atomic E-state index is 0.0413. The predicted octanol–water partition coefficient (Wildman–Crippen LogP) is 1.47. The summed E-state index contributed by atoms with van der Waals surface area (Å²) in [6, 6.07) is -1.32. The number of rotatable bonds is 14. The van der Waals surface area contributed by atoms with Crippen LogP contribution < -0.4 is 5.32 Å². The van der Waals surface area contributed by atoms with E-state index in [1.807, 2.05) is 0 Å². The van der Waals surface area contributed by atoms with E-state index in [9.17, 15) is 24.3 Å². The van der Waals surface area contributed by atoms with Gasteiger partial charge in [-0.25, -0.2) is 0 Å². The first-order valence-corrected chi connectivity index (χ1v) is 9.17. The van der Waals surface area contributed by atoms with E-state index in [1.165, 1.54) is 0 Å². The van der Waals surface area contributed by atoms with Gasteiger partial charge in [0, 0.05) is 32.0 Å². The van der Waals surface area contributed by atoms with Crippen LogP contribution in [-0.4, -0.2) is 52.5 Å². The molecule has 0 aromatic carbocycles. The Morgan fingerprint density at radius 2 is 1.62 bits per heavy atom. The van der Waals surface area contributed by atoms with Gasteiger partial charge in [-0.2, -0.15) is 12.6 Å². The first-order valence-electron chi connectivity index (χ1n) is 8.54. The minimum atomic E-state index is -1.32. The molecule has 0 aromatic rings. The third-order valence-corrected chi connectivity index (χ3v) is 3.58. The molecule has 0 saturated heterocycles. The van der Waals surface area contributed by atoms with Crippen LogP contribution in [0.25, 0.3) is 0 Å². The quantitative estimate of drug-likeness (QED) is 0.231. The number of nitrogens with one attached hydrogen (secondary N) is 1. The Morgan fingerprint density at radius 3 is 2.12 bits per heavy atom. The third kappa shape index (κ3) is 12.5. The Hall–Kier alpha value is -1.81. The lowest BCUT2D eigenvalue weighted by Gasteiger charge is -2.24. The van der Waals surface area contributed by atoms with Gasteiger partial charge in [-0.05, 0) is 37.9 Å². The highest BCUT2D eigenvalue weighted by Gasteiger charge is 2.31. The number of hydrogen-bond donors (Lipinski definition) is 3. The van der Waals surface area contributed by atoms with Crippen molar-refractivity contribution in [1.29, 1.82) is 0 Å². The summed E-state index contributed by atoms with van der Waals surface area (Å²) < 4.78 is 0. The van der Waals surface area contributed by atoms with Crippen molar-refractivity contribution in [3.63, 3.8) is 0 Å². The van der Waals surface area contributed by atoms with Gasteiger partial charge in [0.1, 0.15) is 0 Å². The summed E-state index contributed by atoms with van der Waals surface area (Å²) in [5, 5.41) is 12.4. The van der Waals surface area contributed by atoms with Gasteiger partial charge in [-0.1, -0.05) is 6.42 Å². The summed E-state index contributed by atoms with van der Waals surface area (Å²) >= 11 is 4.11. The highest BCUT2D eigenvalue weighted by molar-refractivity contribution is 7.80. The molecule has 0 bridgehead atoms. The zero-order chi connectivity index (χ0) is 19.9. The molecular weight excluding hydrogens is 364 g/mol. The largest absolute Gasteiger partial charge is 0.480 e. The Balaban J connectivity index is 4.23. The molecule has 2 N–H and O–H groups in total. The average molecular weight is 392 g/mol. The molecule has 0 aliphatic rings. The van der Waals surface area contributed by atoms with Crippen molar-refractivity contribution in [3.05, 3.63) is 0 Å². The van der Waals surface area contributed by atoms with E-state index in [4.69, 9.17) is 0 Å². The summed E-state index contributed by atoms with van der Waals surface area (Å²) in [5.74, 6) is -2.13. The van der Waals surface area contributed by atoms with Crippen LogP contribution in [-0.2, 0) is 28.9 Å². The number of nitrogens with zero attached hydrogens (tertiary/aromatic N) is 1. The van der Waals surface area contributed by atoms with Crippen molar-refractivity contribution in [2.45, 2.75) is 64.8 Å². The molecule has 9 nitrogen and oxygen atoms in total. The van der Waals surface area contributed by atoms with E-state index in [0.717, 1.165) is 38.9 Å². The van der Waals surface area contributed by atoms with Crippen LogP contribution in [0, 0.1) is 0 Å². The van der Waals surface area contributed by atoms with Gasteiger partial charge in [0.15, 0.2) is 6.04 Å². The molecule has 1 atom stereocenters. The van der Waals surface area contributed by atoms with Gasteiger partial charge in [0.2, 0.25) is 5.91 Å². The number of hydrogen-bond acceptors (Lipinski definition) is 8. The Morgan fingerprint density at radius 1 is 1.00 bits per heavy atom. The summed E-state index contributed by atoms with van der Waals surface area (Å²) in [5.41, 5.74) is 0. The molecular formula is C16H28N2O7S. The average Bonchev–Trinajstić information content (AvgIpc) is 2.53. The molecule has 0 radical (unpaired) electrons.